The van der Waals surface area contributed by atoms with Crippen LogP contribution in [0.4, 0.5) is 90.7 Å². The Hall–Kier alpha value is -8.59. The molecule has 6 aliphatic heterocycles. The quantitative estimate of drug-likeness (QED) is 0.0484. The maximum absolute atomic E-state index is 13.3. The summed E-state index contributed by atoms with van der Waals surface area (Å²) in [7, 11) is 4.88. The van der Waals surface area contributed by atoms with Gasteiger partial charge < -0.3 is 74.9 Å². The van der Waals surface area contributed by atoms with Gasteiger partial charge in [-0.15, -0.1) is 0 Å². The van der Waals surface area contributed by atoms with Crippen LogP contribution in [0.15, 0.2) is 138 Å². The lowest BCUT2D eigenvalue weighted by atomic mass is 9.73. The molecule has 1 aromatic carbocycles. The first-order valence-electron chi connectivity index (χ1n) is 41.5. The van der Waals surface area contributed by atoms with Crippen LogP contribution in [0.25, 0.3) is 0 Å². The Balaban J connectivity index is 0.000000144. The zero-order valence-corrected chi connectivity index (χ0v) is 74.6. The van der Waals surface area contributed by atoms with Crippen molar-refractivity contribution in [1.82, 2.24) is 48.6 Å². The number of aromatic nitrogens is 10. The summed E-state index contributed by atoms with van der Waals surface area (Å²) in [6.07, 6.45) is 1.87. The summed E-state index contributed by atoms with van der Waals surface area (Å²) in [4.78, 5) is 86.2. The van der Waals surface area contributed by atoms with Crippen LogP contribution in [0.3, 0.4) is 0 Å². The monoisotopic (exact) mass is 1860 g/mol. The summed E-state index contributed by atoms with van der Waals surface area (Å²) in [6, 6.07) is 14.0. The number of hydrogen-bond donors (Lipinski definition) is 9. The van der Waals surface area contributed by atoms with Crippen molar-refractivity contribution in [2.45, 2.75) is 205 Å². The number of nitrogens with two attached hydrogens (primary N) is 8. The summed E-state index contributed by atoms with van der Waals surface area (Å²) in [5.41, 5.74) is 45.6. The van der Waals surface area contributed by atoms with E-state index in [1.807, 2.05) is 16.7 Å². The molecule has 4 spiro atoms. The lowest BCUT2D eigenvalue weighted by molar-refractivity contribution is -0.144. The predicted molar refractivity (Wildman–Crippen MR) is 468 cm³/mol. The molecule has 28 nitrogen and oxygen atoms in total. The Labute approximate surface area is 742 Å². The third-order valence-electron chi connectivity index (χ3n) is 26.6. The molecule has 0 unspecified atom stereocenters. The number of rotatable bonds is 13. The van der Waals surface area contributed by atoms with Crippen molar-refractivity contribution in [3.63, 3.8) is 0 Å². The van der Waals surface area contributed by atoms with E-state index in [0.717, 1.165) is 127 Å². The van der Waals surface area contributed by atoms with E-state index in [-0.39, 0.29) is 126 Å². The molecule has 8 aliphatic rings. The predicted octanol–water partition coefficient (Wildman–Crippen LogP) is 12.4. The number of pyridine rings is 4. The lowest BCUT2D eigenvalue weighted by Crippen LogP contribution is -2.51. The average Bonchev–Trinajstić information content (AvgIpc) is 1.53. The van der Waals surface area contributed by atoms with Crippen LogP contribution in [0.1, 0.15) is 128 Å². The van der Waals surface area contributed by atoms with Crippen molar-refractivity contribution < 1.29 is 53.4 Å². The lowest BCUT2D eigenvalue weighted by Gasteiger charge is -2.43. The fourth-order valence-corrected chi connectivity index (χ4v) is 22.9. The van der Waals surface area contributed by atoms with Gasteiger partial charge in [0.05, 0.1) is 36.1 Å². The molecule has 16 rings (SSSR count). The SMILES string of the molecule is CC[C@@H]1OCC2(CCN(c3nc(N)c(Sc4cccnc4C(F)(F)F)c(=O)n3C)CC2)[C@@H]1N.C[C@@H]1CCC2(CCN(c3cc(N)c(Sc4cccnc4C(F)(F)F)c(=O)n3C)CC2)[C@@H]1N.C[C@@H]1CCC2(CCN(c3nc(N)c(Sc4ccc(F)cc4Cl)c(=O)n3C)CC2)[C@@H]1N.C[C@@H]1OCC2(CCN(c3nc(N)c(Sc4cccnc4C(F)(F)F)c(=O)[nH]3)CC2)[C@@H]1N. The van der Waals surface area contributed by atoms with Gasteiger partial charge in [0, 0.05) is 153 Å². The molecule has 8 atom stereocenters. The molecule has 8 fully saturated rings. The summed E-state index contributed by atoms with van der Waals surface area (Å²) < 4.78 is 149. The summed E-state index contributed by atoms with van der Waals surface area (Å²) in [5, 5.41) is 0.231. The number of nitrogen functional groups attached to an aromatic ring is 4. The zero-order valence-electron chi connectivity index (χ0n) is 70.6. The number of aromatic amines is 1. The number of anilines is 8. The molecule has 684 valence electrons. The first-order chi connectivity index (χ1) is 59.4. The van der Waals surface area contributed by atoms with Gasteiger partial charge in [0.2, 0.25) is 17.8 Å². The Bertz CT molecular complexity index is 5530. The number of piperidine rings is 4. The highest BCUT2D eigenvalue weighted by Gasteiger charge is 2.52. The van der Waals surface area contributed by atoms with Gasteiger partial charge in [0.15, 0.2) is 17.1 Å². The molecule has 0 amide bonds. The van der Waals surface area contributed by atoms with Crippen LogP contribution >= 0.6 is 58.6 Å². The number of hydrogen-bond acceptors (Lipinski definition) is 28. The highest BCUT2D eigenvalue weighted by Crippen LogP contribution is 2.52. The summed E-state index contributed by atoms with van der Waals surface area (Å²) in [5.74, 6) is 2.50. The van der Waals surface area contributed by atoms with E-state index < -0.39 is 58.1 Å². The number of halogens is 11. The van der Waals surface area contributed by atoms with Crippen molar-refractivity contribution in [3.8, 4) is 0 Å². The fourth-order valence-electron chi connectivity index (χ4n) is 18.7. The molecule has 2 saturated carbocycles. The number of ether oxygens (including phenoxy) is 2. The molecule has 126 heavy (non-hydrogen) atoms. The van der Waals surface area contributed by atoms with Gasteiger partial charge in [-0.25, -0.2) is 4.39 Å². The molecule has 17 N–H and O–H groups in total. The minimum atomic E-state index is -4.65. The average molecular weight is 1860 g/mol. The Morgan fingerprint density at radius 2 is 0.865 bits per heavy atom. The summed E-state index contributed by atoms with van der Waals surface area (Å²) in [6.45, 7) is 15.3. The molecule has 2 aliphatic carbocycles. The highest BCUT2D eigenvalue weighted by molar-refractivity contribution is 8.00. The first kappa shape index (κ1) is 95.0. The van der Waals surface area contributed by atoms with E-state index in [2.05, 4.69) is 65.5 Å². The Kier molecular flexibility index (Phi) is 28.5. The van der Waals surface area contributed by atoms with Crippen LogP contribution in [-0.2, 0) is 49.1 Å². The Morgan fingerprint density at radius 1 is 0.476 bits per heavy atom. The van der Waals surface area contributed by atoms with Gasteiger partial charge in [-0.3, -0.25) is 52.8 Å². The van der Waals surface area contributed by atoms with E-state index >= 15 is 0 Å². The van der Waals surface area contributed by atoms with Gasteiger partial charge in [0.1, 0.15) is 48.7 Å². The van der Waals surface area contributed by atoms with Crippen molar-refractivity contribution in [3.05, 3.63) is 149 Å². The van der Waals surface area contributed by atoms with Crippen molar-refractivity contribution in [2.24, 2.45) is 77.6 Å². The molecule has 7 aromatic heterocycles. The van der Waals surface area contributed by atoms with Gasteiger partial charge in [-0.1, -0.05) is 79.4 Å². The largest absolute Gasteiger partial charge is 0.434 e. The van der Waals surface area contributed by atoms with E-state index in [0.29, 0.717) is 115 Å². The molecule has 0 bridgehead atoms. The first-order valence-corrected chi connectivity index (χ1v) is 45.2. The molecule has 8 aromatic rings. The molecular formula is C83H105ClF10N22O6S4. The number of alkyl halides is 9. The summed E-state index contributed by atoms with van der Waals surface area (Å²) >= 11 is 9.15. The van der Waals surface area contributed by atoms with Gasteiger partial charge >= 0.3 is 18.5 Å². The van der Waals surface area contributed by atoms with E-state index in [1.54, 1.807) is 27.2 Å². The van der Waals surface area contributed by atoms with Gasteiger partial charge in [-0.2, -0.15) is 54.5 Å². The molecule has 13 heterocycles. The topological polar surface area (TPSA) is 416 Å². The molecule has 43 heteroatoms. The van der Waals surface area contributed by atoms with E-state index in [9.17, 15) is 63.1 Å². The van der Waals surface area contributed by atoms with Crippen LogP contribution in [0.2, 0.25) is 5.02 Å². The van der Waals surface area contributed by atoms with E-state index in [4.69, 9.17) is 66.9 Å². The van der Waals surface area contributed by atoms with Crippen molar-refractivity contribution in [2.75, 3.05) is 108 Å². The Morgan fingerprint density at radius 3 is 1.26 bits per heavy atom. The number of nitrogens with zero attached hydrogens (tertiary/aromatic N) is 13. The fraction of sp³-hybridized carbons (Fsp3) is 0.542. The van der Waals surface area contributed by atoms with E-state index in [1.165, 1.54) is 81.1 Å². The van der Waals surface area contributed by atoms with Crippen molar-refractivity contribution in [1.29, 1.82) is 0 Å². The normalized spacial score (nSPS) is 23.2. The second kappa shape index (κ2) is 37.8. The van der Waals surface area contributed by atoms with Gasteiger partial charge in [-0.05, 0) is 168 Å². The minimum Gasteiger partial charge on any atom is -0.398 e. The highest BCUT2D eigenvalue weighted by atomic mass is 35.5. The molecular weight excluding hydrogens is 1750 g/mol. The number of nitrogens with one attached hydrogen (secondary N) is 1. The smallest absolute Gasteiger partial charge is 0.398 e. The third-order valence-corrected chi connectivity index (χ3v) is 31.7. The third kappa shape index (κ3) is 19.6. The zero-order chi connectivity index (χ0) is 91.2. The number of benzene rings is 1. The van der Waals surface area contributed by atoms with Crippen LogP contribution < -0.4 is 87.7 Å². The van der Waals surface area contributed by atoms with Crippen LogP contribution in [-0.4, -0.2) is 151 Å². The maximum atomic E-state index is 13.3. The second-order valence-corrected chi connectivity index (χ2v) is 38.7. The van der Waals surface area contributed by atoms with Crippen molar-refractivity contribution >= 4 is 105 Å². The minimum absolute atomic E-state index is 0.00509. The molecule has 6 saturated heterocycles. The maximum Gasteiger partial charge on any atom is 0.434 e. The van der Waals surface area contributed by atoms with Gasteiger partial charge in [0.25, 0.3) is 22.2 Å². The van der Waals surface area contributed by atoms with Crippen LogP contribution in [0.5, 0.6) is 0 Å². The second-order valence-electron chi connectivity index (χ2n) is 34.1. The standard InChI is InChI=1S/C22H28F3N5OS.C21H27ClFN5OS.C21H27F3N6O2S.C19H23F3N6O2S/c1-13-5-6-21(18(13)27)7-10-30(11-8-21)16-12-14(26)17(20(31)29(16)2)32-15-4-3-9-28-19(15)22(23,24)25;1-12-5-6-21(17(12)24)7-9-28(10-8-21)20-26-18(25)16(19(29)27(20)2)30-15-4-3-13(23)11-14(15)22;1-3-12-15(25)20(11-32-12)6-9-30(10-7-20)19-28-17(26)14(18(31)29(19)2)33-13-5-4-8-27-16(13)21(22,23)24;1-10-13(23)18(9-30-10)4-7-28(8-5-18)17-26-15(24)12(16(29)27-17)31-11-3-2-6-25-14(11)19(20,21)22/h3-4,9,12-13,18H,5-8,10-11,26-27H2,1-2H3;3-4,11-12,17H,5-10,24-25H2,1-2H3;4-5,8,12,15H,3,6-7,9-11,25-26H2,1-2H3;2-3,6,10,13H,4-5,7-9,23H2,1H3,(H3,24,26,27,29)/t13-,18-;12-,17-;12-,15+;10-,13+/m1100/s1. The number of H-pyrrole nitrogens is 1. The molecule has 0 radical (unpaired) electrons. The van der Waals surface area contributed by atoms with Crippen LogP contribution in [0, 0.1) is 39.3 Å².